The molecular weight excluding hydrogens is 202 g/mol. The van der Waals surface area contributed by atoms with Gasteiger partial charge in [0.2, 0.25) is 5.78 Å². The van der Waals surface area contributed by atoms with E-state index in [0.717, 1.165) is 11.0 Å². The zero-order valence-electron chi connectivity index (χ0n) is 9.49. The van der Waals surface area contributed by atoms with Crippen molar-refractivity contribution in [3.05, 3.63) is 36.1 Å². The van der Waals surface area contributed by atoms with Gasteiger partial charge in [-0.15, -0.1) is 0 Å². The Morgan fingerprint density at radius 2 is 2.19 bits per heavy atom. The second-order valence-electron chi connectivity index (χ2n) is 3.97. The monoisotopic (exact) mass is 217 g/mol. The first kappa shape index (κ1) is 10.9. The van der Waals surface area contributed by atoms with Gasteiger partial charge in [-0.25, -0.2) is 0 Å². The van der Waals surface area contributed by atoms with Gasteiger partial charge in [-0.1, -0.05) is 25.1 Å². The van der Waals surface area contributed by atoms with E-state index in [1.165, 1.54) is 0 Å². The summed E-state index contributed by atoms with van der Waals surface area (Å²) in [4.78, 5) is 12.0. The fourth-order valence-electron chi connectivity index (χ4n) is 1.75. The van der Waals surface area contributed by atoms with Crippen molar-refractivity contribution in [3.63, 3.8) is 0 Å². The molecule has 0 fully saturated rings. The molecule has 1 atom stereocenters. The van der Waals surface area contributed by atoms with Gasteiger partial charge in [-0.2, -0.15) is 0 Å². The summed E-state index contributed by atoms with van der Waals surface area (Å²) in [5.74, 6) is 0.431. The average Bonchev–Trinajstić information content (AvgIpc) is 2.71. The summed E-state index contributed by atoms with van der Waals surface area (Å²) < 4.78 is 5.52. The Balaban J connectivity index is 2.29. The van der Waals surface area contributed by atoms with E-state index in [4.69, 9.17) is 4.42 Å². The van der Waals surface area contributed by atoms with Crippen LogP contribution in [0.2, 0.25) is 0 Å². The van der Waals surface area contributed by atoms with Crippen molar-refractivity contribution in [3.8, 4) is 0 Å². The molecule has 0 aliphatic heterocycles. The summed E-state index contributed by atoms with van der Waals surface area (Å²) in [6, 6.07) is 9.46. The van der Waals surface area contributed by atoms with Crippen LogP contribution in [-0.4, -0.2) is 19.4 Å². The maximum Gasteiger partial charge on any atom is 0.202 e. The van der Waals surface area contributed by atoms with E-state index in [1.54, 1.807) is 0 Å². The lowest BCUT2D eigenvalue weighted by molar-refractivity contribution is 0.0904. The number of furan rings is 1. The molecule has 0 aliphatic rings. The minimum Gasteiger partial charge on any atom is -0.453 e. The number of rotatable bonds is 4. The summed E-state index contributed by atoms with van der Waals surface area (Å²) in [7, 11) is 1.84. The van der Waals surface area contributed by atoms with Crippen LogP contribution < -0.4 is 5.32 Å². The molecule has 0 amide bonds. The zero-order valence-corrected chi connectivity index (χ0v) is 9.49. The molecule has 0 bridgehead atoms. The number of carbonyl (C=O) groups excluding carboxylic acids is 1. The average molecular weight is 217 g/mol. The van der Waals surface area contributed by atoms with Crippen LogP contribution in [-0.2, 0) is 0 Å². The Kier molecular flexibility index (Phi) is 3.06. The van der Waals surface area contributed by atoms with Crippen LogP contribution in [0.4, 0.5) is 0 Å². The van der Waals surface area contributed by atoms with Crippen molar-refractivity contribution >= 4 is 16.8 Å². The highest BCUT2D eigenvalue weighted by Crippen LogP contribution is 2.20. The lowest BCUT2D eigenvalue weighted by Gasteiger charge is -2.06. The summed E-state index contributed by atoms with van der Waals surface area (Å²) >= 11 is 0. The summed E-state index contributed by atoms with van der Waals surface area (Å²) in [6.07, 6.45) is 0. The molecule has 1 aromatic heterocycles. The van der Waals surface area contributed by atoms with Crippen LogP contribution in [0.15, 0.2) is 34.7 Å². The van der Waals surface area contributed by atoms with Crippen LogP contribution in [0.25, 0.3) is 11.0 Å². The maximum atomic E-state index is 12.0. The maximum absolute atomic E-state index is 12.0. The third-order valence-electron chi connectivity index (χ3n) is 2.63. The van der Waals surface area contributed by atoms with E-state index >= 15 is 0 Å². The van der Waals surface area contributed by atoms with E-state index in [1.807, 2.05) is 44.3 Å². The van der Waals surface area contributed by atoms with Gasteiger partial charge in [0.1, 0.15) is 5.58 Å². The van der Waals surface area contributed by atoms with Crippen LogP contribution in [0.5, 0.6) is 0 Å². The Morgan fingerprint density at radius 1 is 1.44 bits per heavy atom. The van der Waals surface area contributed by atoms with Gasteiger partial charge in [0.15, 0.2) is 5.76 Å². The molecule has 0 aliphatic carbocycles. The molecule has 2 rings (SSSR count). The van der Waals surface area contributed by atoms with Crippen molar-refractivity contribution in [1.29, 1.82) is 0 Å². The fraction of sp³-hybridized carbons (Fsp3) is 0.308. The number of hydrogen-bond acceptors (Lipinski definition) is 3. The smallest absolute Gasteiger partial charge is 0.202 e. The number of Topliss-reactive ketones (excluding diaryl/α,β-unsaturated/α-hetero) is 1. The van der Waals surface area contributed by atoms with Crippen LogP contribution >= 0.6 is 0 Å². The van der Waals surface area contributed by atoms with E-state index in [-0.39, 0.29) is 11.7 Å². The first-order valence-corrected chi connectivity index (χ1v) is 5.39. The molecule has 3 nitrogen and oxygen atoms in total. The molecule has 1 aromatic carbocycles. The number of nitrogens with one attached hydrogen (secondary N) is 1. The van der Waals surface area contributed by atoms with E-state index in [2.05, 4.69) is 5.32 Å². The SMILES string of the molecule is CNCC(C)C(=O)c1cc2ccccc2o1. The number of carbonyl (C=O) groups is 1. The Hall–Kier alpha value is -1.61. The van der Waals surface area contributed by atoms with Gasteiger partial charge in [-0.3, -0.25) is 4.79 Å². The molecule has 0 saturated carbocycles. The lowest BCUT2D eigenvalue weighted by atomic mass is 10.0. The molecule has 16 heavy (non-hydrogen) atoms. The molecule has 0 spiro atoms. The molecule has 0 radical (unpaired) electrons. The predicted molar refractivity (Wildman–Crippen MR) is 63.6 cm³/mol. The number of para-hydroxylation sites is 1. The van der Waals surface area contributed by atoms with Gasteiger partial charge in [-0.05, 0) is 19.2 Å². The highest BCUT2D eigenvalue weighted by atomic mass is 16.3. The Labute approximate surface area is 94.4 Å². The first-order chi connectivity index (χ1) is 7.72. The van der Waals surface area contributed by atoms with E-state index in [9.17, 15) is 4.79 Å². The summed E-state index contributed by atoms with van der Waals surface area (Å²) in [6.45, 7) is 2.56. The second kappa shape index (κ2) is 4.49. The van der Waals surface area contributed by atoms with Crippen molar-refractivity contribution < 1.29 is 9.21 Å². The normalized spacial score (nSPS) is 12.9. The third kappa shape index (κ3) is 1.99. The second-order valence-corrected chi connectivity index (χ2v) is 3.97. The number of ketones is 1. The lowest BCUT2D eigenvalue weighted by Crippen LogP contribution is -2.23. The van der Waals surface area contributed by atoms with Gasteiger partial charge < -0.3 is 9.73 Å². The number of fused-ring (bicyclic) bond motifs is 1. The van der Waals surface area contributed by atoms with E-state index in [0.29, 0.717) is 12.3 Å². The Bertz CT molecular complexity index is 468. The Morgan fingerprint density at radius 3 is 2.88 bits per heavy atom. The highest BCUT2D eigenvalue weighted by molar-refractivity contribution is 5.98. The first-order valence-electron chi connectivity index (χ1n) is 5.39. The number of benzene rings is 1. The van der Waals surface area contributed by atoms with Gasteiger partial charge in [0, 0.05) is 17.8 Å². The molecule has 3 heteroatoms. The third-order valence-corrected chi connectivity index (χ3v) is 2.63. The van der Waals surface area contributed by atoms with Gasteiger partial charge >= 0.3 is 0 Å². The largest absolute Gasteiger partial charge is 0.453 e. The van der Waals surface area contributed by atoms with Crippen molar-refractivity contribution in [2.24, 2.45) is 5.92 Å². The standard InChI is InChI=1S/C13H15NO2/c1-9(8-14-2)13(15)12-7-10-5-3-4-6-11(10)16-12/h3-7,9,14H,8H2,1-2H3. The molecule has 1 heterocycles. The molecule has 1 N–H and O–H groups in total. The highest BCUT2D eigenvalue weighted by Gasteiger charge is 2.18. The zero-order chi connectivity index (χ0) is 11.5. The van der Waals surface area contributed by atoms with Crippen molar-refractivity contribution in [2.45, 2.75) is 6.92 Å². The minimum atomic E-state index is -0.0643. The molecule has 2 aromatic rings. The summed E-state index contributed by atoms with van der Waals surface area (Å²) in [5, 5.41) is 3.96. The van der Waals surface area contributed by atoms with Gasteiger partial charge in [0.25, 0.3) is 0 Å². The molecule has 1 unspecified atom stereocenters. The molecule has 84 valence electrons. The number of hydrogen-bond donors (Lipinski definition) is 1. The molecule has 0 saturated heterocycles. The van der Waals surface area contributed by atoms with Gasteiger partial charge in [0.05, 0.1) is 0 Å². The van der Waals surface area contributed by atoms with Crippen LogP contribution in [0, 0.1) is 5.92 Å². The predicted octanol–water partition coefficient (Wildman–Crippen LogP) is 2.47. The fourth-order valence-corrected chi connectivity index (χ4v) is 1.75. The van der Waals surface area contributed by atoms with E-state index < -0.39 is 0 Å². The summed E-state index contributed by atoms with van der Waals surface area (Å²) in [5.41, 5.74) is 0.766. The topological polar surface area (TPSA) is 42.2 Å². The van der Waals surface area contributed by atoms with Crippen LogP contribution in [0.3, 0.4) is 0 Å². The van der Waals surface area contributed by atoms with Crippen molar-refractivity contribution in [2.75, 3.05) is 13.6 Å². The van der Waals surface area contributed by atoms with Crippen LogP contribution in [0.1, 0.15) is 17.5 Å². The molecular formula is C13H15NO2. The quantitative estimate of drug-likeness (QED) is 0.800. The van der Waals surface area contributed by atoms with Crippen molar-refractivity contribution in [1.82, 2.24) is 5.32 Å². The minimum absolute atomic E-state index is 0.0468.